The van der Waals surface area contributed by atoms with Gasteiger partial charge in [-0.05, 0) is 49.9 Å². The van der Waals surface area contributed by atoms with Crippen molar-refractivity contribution >= 4 is 23.2 Å². The highest BCUT2D eigenvalue weighted by Crippen LogP contribution is 2.32. The number of nitrogens with zero attached hydrogens (tertiary/aromatic N) is 2. The lowest BCUT2D eigenvalue weighted by Gasteiger charge is -2.35. The fourth-order valence-corrected chi connectivity index (χ4v) is 3.08. The Bertz CT molecular complexity index is 687. The van der Waals surface area contributed by atoms with Crippen molar-refractivity contribution in [3.05, 3.63) is 23.8 Å². The minimum absolute atomic E-state index is 0.100. The third-order valence-corrected chi connectivity index (χ3v) is 5.14. The molecule has 1 fully saturated rings. The van der Waals surface area contributed by atoms with Crippen LogP contribution in [0.25, 0.3) is 0 Å². The van der Waals surface area contributed by atoms with Crippen LogP contribution in [0.2, 0.25) is 0 Å². The Balaban J connectivity index is 2.33. The van der Waals surface area contributed by atoms with Gasteiger partial charge in [-0.15, -0.1) is 0 Å². The van der Waals surface area contributed by atoms with Crippen molar-refractivity contribution in [3.8, 4) is 0 Å². The zero-order valence-corrected chi connectivity index (χ0v) is 17.9. The fourth-order valence-electron chi connectivity index (χ4n) is 3.08. The molecule has 1 aromatic rings. The lowest BCUT2D eigenvalue weighted by molar-refractivity contribution is -0.142. The first kappa shape index (κ1) is 21.3. The SMILES string of the molecule is CCC(C)N(Cc1cc(NC(=O)C2CC2)ccc1N(C)C)C(=O)C(C)(C)C. The predicted octanol–water partition coefficient (Wildman–Crippen LogP) is 4.27. The van der Waals surface area contributed by atoms with Crippen LogP contribution < -0.4 is 10.2 Å². The molecule has 1 aliphatic carbocycles. The van der Waals surface area contributed by atoms with Crippen LogP contribution in [-0.2, 0) is 16.1 Å². The Morgan fingerprint density at radius 1 is 1.22 bits per heavy atom. The number of carbonyl (C=O) groups is 2. The van der Waals surface area contributed by atoms with E-state index in [-0.39, 0.29) is 23.8 Å². The van der Waals surface area contributed by atoms with E-state index in [1.807, 2.05) is 58.0 Å². The summed E-state index contributed by atoms with van der Waals surface area (Å²) in [5.41, 5.74) is 2.49. The van der Waals surface area contributed by atoms with Crippen molar-refractivity contribution < 1.29 is 9.59 Å². The lowest BCUT2D eigenvalue weighted by Crippen LogP contribution is -2.44. The molecule has 1 atom stereocenters. The third-order valence-electron chi connectivity index (χ3n) is 5.14. The van der Waals surface area contributed by atoms with E-state index in [0.29, 0.717) is 6.54 Å². The largest absolute Gasteiger partial charge is 0.377 e. The summed E-state index contributed by atoms with van der Waals surface area (Å²) in [5, 5.41) is 3.03. The van der Waals surface area contributed by atoms with Gasteiger partial charge in [-0.25, -0.2) is 0 Å². The smallest absolute Gasteiger partial charge is 0.228 e. The van der Waals surface area contributed by atoms with Gasteiger partial charge in [-0.3, -0.25) is 9.59 Å². The van der Waals surface area contributed by atoms with E-state index < -0.39 is 5.41 Å². The van der Waals surface area contributed by atoms with Gasteiger partial charge in [-0.2, -0.15) is 0 Å². The molecule has 1 unspecified atom stereocenters. The second-order valence-corrected chi connectivity index (χ2v) is 8.94. The summed E-state index contributed by atoms with van der Waals surface area (Å²) in [6.07, 6.45) is 2.87. The first-order chi connectivity index (χ1) is 12.5. The summed E-state index contributed by atoms with van der Waals surface area (Å²) < 4.78 is 0. The maximum atomic E-state index is 13.1. The highest BCUT2D eigenvalue weighted by Gasteiger charge is 2.31. The molecule has 0 bridgehead atoms. The number of hydrogen-bond acceptors (Lipinski definition) is 3. The molecular weight excluding hydrogens is 338 g/mol. The van der Waals surface area contributed by atoms with Gasteiger partial charge in [0, 0.05) is 49.4 Å². The van der Waals surface area contributed by atoms with Gasteiger partial charge in [0.2, 0.25) is 11.8 Å². The van der Waals surface area contributed by atoms with Crippen LogP contribution in [0.1, 0.15) is 59.4 Å². The molecule has 2 amide bonds. The summed E-state index contributed by atoms with van der Waals surface area (Å²) in [6, 6.07) is 6.13. The number of nitrogens with one attached hydrogen (secondary N) is 1. The van der Waals surface area contributed by atoms with E-state index in [9.17, 15) is 9.59 Å². The van der Waals surface area contributed by atoms with Crippen molar-refractivity contribution in [2.24, 2.45) is 11.3 Å². The molecule has 0 heterocycles. The zero-order valence-electron chi connectivity index (χ0n) is 17.9. The predicted molar refractivity (Wildman–Crippen MR) is 112 cm³/mol. The number of carbonyl (C=O) groups excluding carboxylic acids is 2. The van der Waals surface area contributed by atoms with Crippen molar-refractivity contribution in [3.63, 3.8) is 0 Å². The monoisotopic (exact) mass is 373 g/mol. The van der Waals surface area contributed by atoms with Crippen molar-refractivity contribution in [1.29, 1.82) is 0 Å². The Morgan fingerprint density at radius 2 is 1.85 bits per heavy atom. The van der Waals surface area contributed by atoms with E-state index in [4.69, 9.17) is 0 Å². The van der Waals surface area contributed by atoms with Crippen LogP contribution in [0, 0.1) is 11.3 Å². The van der Waals surface area contributed by atoms with E-state index in [1.54, 1.807) is 0 Å². The van der Waals surface area contributed by atoms with Crippen LogP contribution >= 0.6 is 0 Å². The highest BCUT2D eigenvalue weighted by atomic mass is 16.2. The minimum Gasteiger partial charge on any atom is -0.377 e. The first-order valence-corrected chi connectivity index (χ1v) is 9.96. The van der Waals surface area contributed by atoms with Crippen molar-refractivity contribution in [2.75, 3.05) is 24.3 Å². The van der Waals surface area contributed by atoms with Crippen LogP contribution in [0.15, 0.2) is 18.2 Å². The highest BCUT2D eigenvalue weighted by molar-refractivity contribution is 5.94. The van der Waals surface area contributed by atoms with Crippen LogP contribution in [0.4, 0.5) is 11.4 Å². The van der Waals surface area contributed by atoms with Gasteiger partial charge in [0.1, 0.15) is 0 Å². The second-order valence-electron chi connectivity index (χ2n) is 8.94. The fraction of sp³-hybridized carbons (Fsp3) is 0.636. The van der Waals surface area contributed by atoms with Crippen LogP contribution in [0.5, 0.6) is 0 Å². The van der Waals surface area contributed by atoms with Gasteiger partial charge in [0.15, 0.2) is 0 Å². The van der Waals surface area contributed by atoms with Crippen LogP contribution in [-0.4, -0.2) is 36.9 Å². The zero-order chi connectivity index (χ0) is 20.4. The number of hydrogen-bond donors (Lipinski definition) is 1. The molecule has 1 aliphatic rings. The molecule has 0 aliphatic heterocycles. The second kappa shape index (κ2) is 8.32. The molecule has 0 spiro atoms. The topological polar surface area (TPSA) is 52.7 Å². The van der Waals surface area contributed by atoms with E-state index in [0.717, 1.165) is 36.2 Å². The molecule has 1 N–H and O–H groups in total. The Hall–Kier alpha value is -2.04. The normalized spacial score (nSPS) is 15.2. The first-order valence-electron chi connectivity index (χ1n) is 9.96. The molecule has 150 valence electrons. The molecule has 0 radical (unpaired) electrons. The molecule has 5 nitrogen and oxygen atoms in total. The van der Waals surface area contributed by atoms with Gasteiger partial charge in [0.05, 0.1) is 0 Å². The van der Waals surface area contributed by atoms with E-state index in [2.05, 4.69) is 24.1 Å². The van der Waals surface area contributed by atoms with E-state index >= 15 is 0 Å². The molecule has 0 saturated heterocycles. The summed E-state index contributed by atoms with van der Waals surface area (Å²) in [4.78, 5) is 29.2. The maximum Gasteiger partial charge on any atom is 0.228 e. The summed E-state index contributed by atoms with van der Waals surface area (Å²) in [7, 11) is 4.00. The number of amides is 2. The third kappa shape index (κ3) is 5.47. The molecular formula is C22H35N3O2. The standard InChI is InChI=1S/C22H35N3O2/c1-8-15(2)25(21(27)22(3,4)5)14-17-13-18(11-12-19(17)24(6)7)23-20(26)16-9-10-16/h11-13,15-16H,8-10,14H2,1-7H3,(H,23,26). The molecule has 27 heavy (non-hydrogen) atoms. The molecule has 1 saturated carbocycles. The van der Waals surface area contributed by atoms with Crippen molar-refractivity contribution in [2.45, 2.75) is 66.5 Å². The average molecular weight is 374 g/mol. The summed E-state index contributed by atoms with van der Waals surface area (Å²) >= 11 is 0. The molecule has 1 aromatic carbocycles. The number of anilines is 2. The van der Waals surface area contributed by atoms with Gasteiger partial charge in [-0.1, -0.05) is 27.7 Å². The van der Waals surface area contributed by atoms with Gasteiger partial charge < -0.3 is 15.1 Å². The summed E-state index contributed by atoms with van der Waals surface area (Å²) in [5.74, 6) is 0.415. The number of benzene rings is 1. The Kier molecular flexibility index (Phi) is 6.55. The minimum atomic E-state index is -0.431. The van der Waals surface area contributed by atoms with Gasteiger partial charge in [0.25, 0.3) is 0 Å². The molecule has 2 rings (SSSR count). The molecule has 5 heteroatoms. The average Bonchev–Trinajstić information content (AvgIpc) is 3.42. The maximum absolute atomic E-state index is 13.1. The van der Waals surface area contributed by atoms with Gasteiger partial charge >= 0.3 is 0 Å². The number of rotatable bonds is 7. The van der Waals surface area contributed by atoms with E-state index in [1.165, 1.54) is 0 Å². The quantitative estimate of drug-likeness (QED) is 0.776. The lowest BCUT2D eigenvalue weighted by atomic mass is 9.93. The summed E-state index contributed by atoms with van der Waals surface area (Å²) in [6.45, 7) is 10.6. The molecule has 0 aromatic heterocycles. The van der Waals surface area contributed by atoms with Crippen LogP contribution in [0.3, 0.4) is 0 Å². The van der Waals surface area contributed by atoms with Crippen molar-refractivity contribution in [1.82, 2.24) is 4.90 Å². The Labute approximate surface area is 164 Å². The Morgan fingerprint density at radius 3 is 2.33 bits per heavy atom.